The molecule has 0 unspecified atom stereocenters. The number of aromatic nitrogens is 5. The van der Waals surface area contributed by atoms with Crippen LogP contribution in [0.15, 0.2) is 51.9 Å². The molecule has 10 heteroatoms. The molecule has 0 spiro atoms. The zero-order chi connectivity index (χ0) is 19.2. The van der Waals surface area contributed by atoms with Crippen molar-refractivity contribution in [3.63, 3.8) is 0 Å². The van der Waals surface area contributed by atoms with Gasteiger partial charge in [0, 0.05) is 17.8 Å². The molecule has 4 aromatic rings. The van der Waals surface area contributed by atoms with E-state index in [0.29, 0.717) is 5.56 Å². The highest BCUT2D eigenvalue weighted by atomic mass is 19.4. The number of pyridine rings is 2. The second-order valence-electron chi connectivity index (χ2n) is 5.71. The molecule has 7 nitrogen and oxygen atoms in total. The quantitative estimate of drug-likeness (QED) is 0.545. The molecule has 0 aliphatic carbocycles. The lowest BCUT2D eigenvalue weighted by Crippen LogP contribution is -2.38. The summed E-state index contributed by atoms with van der Waals surface area (Å²) in [5, 5.41) is 2.38. The Balaban J connectivity index is 2.02. The zero-order valence-electron chi connectivity index (χ0n) is 13.8. The highest BCUT2D eigenvalue weighted by molar-refractivity contribution is 5.73. The van der Waals surface area contributed by atoms with E-state index in [4.69, 9.17) is 4.42 Å². The van der Waals surface area contributed by atoms with Gasteiger partial charge in [-0.15, -0.1) is 4.68 Å². The number of halogens is 3. The summed E-state index contributed by atoms with van der Waals surface area (Å²) in [6.45, 7) is 1.69. The Morgan fingerprint density at radius 1 is 1.15 bits per heavy atom. The maximum atomic E-state index is 13.3. The smallest absolute Gasteiger partial charge is 0.399 e. The van der Waals surface area contributed by atoms with E-state index in [0.717, 1.165) is 10.7 Å². The van der Waals surface area contributed by atoms with Crippen molar-refractivity contribution in [3.05, 3.63) is 64.4 Å². The Bertz CT molecular complexity index is 1210. The highest BCUT2D eigenvalue weighted by Crippen LogP contribution is 2.30. The molecule has 0 saturated heterocycles. The molecular formula is C17H11F3N5O2+. The Kier molecular flexibility index (Phi) is 3.76. The molecule has 0 radical (unpaired) electrons. The maximum Gasteiger partial charge on any atom is 0.434 e. The molecule has 0 bridgehead atoms. The number of H-pyrrole nitrogens is 1. The summed E-state index contributed by atoms with van der Waals surface area (Å²) < 4.78 is 46.0. The monoisotopic (exact) mass is 374 g/mol. The minimum atomic E-state index is -4.64. The predicted octanol–water partition coefficient (Wildman–Crippen LogP) is 2.58. The Labute approximate surface area is 149 Å². The molecule has 0 aliphatic heterocycles. The van der Waals surface area contributed by atoms with Crippen LogP contribution in [0.5, 0.6) is 0 Å². The average Bonchev–Trinajstić information content (AvgIpc) is 3.08. The summed E-state index contributed by atoms with van der Waals surface area (Å²) in [6, 6.07) is 7.17. The van der Waals surface area contributed by atoms with Crippen LogP contribution in [0.25, 0.3) is 28.4 Å². The summed E-state index contributed by atoms with van der Waals surface area (Å²) in [5.74, 6) is -0.0865. The van der Waals surface area contributed by atoms with Gasteiger partial charge in [-0.25, -0.2) is 14.9 Å². The van der Waals surface area contributed by atoms with Crippen LogP contribution in [-0.4, -0.2) is 20.1 Å². The predicted molar refractivity (Wildman–Crippen MR) is 86.9 cm³/mol. The van der Waals surface area contributed by atoms with Crippen LogP contribution in [-0.2, 0) is 6.18 Å². The van der Waals surface area contributed by atoms with Crippen molar-refractivity contribution >= 4 is 11.0 Å². The van der Waals surface area contributed by atoms with Crippen molar-refractivity contribution in [2.45, 2.75) is 13.1 Å². The Hall–Kier alpha value is -3.56. The minimum Gasteiger partial charge on any atom is -0.399 e. The lowest BCUT2D eigenvalue weighted by molar-refractivity contribution is -0.650. The zero-order valence-corrected chi connectivity index (χ0v) is 13.8. The van der Waals surface area contributed by atoms with Gasteiger partial charge in [-0.05, 0) is 36.2 Å². The number of nitrogens with one attached hydrogen (secondary N) is 1. The normalized spacial score (nSPS) is 11.9. The first-order chi connectivity index (χ1) is 12.8. The molecule has 0 aliphatic rings. The second-order valence-corrected chi connectivity index (χ2v) is 5.71. The topological polar surface area (TPSA) is 88.5 Å². The lowest BCUT2D eigenvalue weighted by Gasteiger charge is -2.01. The second kappa shape index (κ2) is 6.01. The number of nitrogens with zero attached hydrogens (tertiary/aromatic N) is 4. The molecule has 4 heterocycles. The number of fused-ring (bicyclic) bond motifs is 1. The lowest BCUT2D eigenvalue weighted by atomic mass is 10.3. The van der Waals surface area contributed by atoms with Crippen LogP contribution in [0.2, 0.25) is 0 Å². The molecule has 4 rings (SSSR count). The van der Waals surface area contributed by atoms with E-state index in [2.05, 4.69) is 20.1 Å². The number of hydrogen-bond donors (Lipinski definition) is 1. The molecule has 0 fully saturated rings. The summed E-state index contributed by atoms with van der Waals surface area (Å²) in [6.07, 6.45) is -1.77. The first-order valence-corrected chi connectivity index (χ1v) is 7.75. The Morgan fingerprint density at radius 2 is 1.89 bits per heavy atom. The maximum absolute atomic E-state index is 13.3. The fraction of sp³-hybridized carbons (Fsp3) is 0.118. The molecular weight excluding hydrogens is 363 g/mol. The third kappa shape index (κ3) is 2.94. The van der Waals surface area contributed by atoms with Gasteiger partial charge in [0.25, 0.3) is 5.89 Å². The van der Waals surface area contributed by atoms with Gasteiger partial charge in [0.05, 0.1) is 0 Å². The van der Waals surface area contributed by atoms with E-state index in [-0.39, 0.29) is 28.4 Å². The van der Waals surface area contributed by atoms with Crippen molar-refractivity contribution < 1.29 is 22.3 Å². The number of rotatable bonds is 2. The molecule has 136 valence electrons. The van der Waals surface area contributed by atoms with E-state index in [1.807, 2.05) is 0 Å². The summed E-state index contributed by atoms with van der Waals surface area (Å²) in [7, 11) is 0. The SMILES string of the molecule is Cc1cccnc1-[n+]1[nH]c(C(F)(F)F)cc1-c1nc2ncccc2c(=O)o1. The van der Waals surface area contributed by atoms with Gasteiger partial charge in [-0.1, -0.05) is 0 Å². The summed E-state index contributed by atoms with van der Waals surface area (Å²) in [4.78, 5) is 24.4. The van der Waals surface area contributed by atoms with Crippen molar-refractivity contribution in [1.82, 2.24) is 20.1 Å². The number of aromatic amines is 1. The molecule has 0 aromatic carbocycles. The number of aryl methyl sites for hydroxylation is 1. The molecule has 0 amide bonds. The van der Waals surface area contributed by atoms with E-state index in [1.165, 1.54) is 24.5 Å². The van der Waals surface area contributed by atoms with Crippen LogP contribution in [0.3, 0.4) is 0 Å². The van der Waals surface area contributed by atoms with Gasteiger partial charge in [-0.3, -0.25) is 0 Å². The third-order valence-corrected chi connectivity index (χ3v) is 3.88. The van der Waals surface area contributed by atoms with E-state index < -0.39 is 17.5 Å². The minimum absolute atomic E-state index is 0.0720. The van der Waals surface area contributed by atoms with Gasteiger partial charge < -0.3 is 4.42 Å². The van der Waals surface area contributed by atoms with Crippen LogP contribution in [0.4, 0.5) is 13.2 Å². The van der Waals surface area contributed by atoms with Crippen LogP contribution < -0.4 is 10.3 Å². The van der Waals surface area contributed by atoms with Crippen LogP contribution >= 0.6 is 0 Å². The molecule has 0 atom stereocenters. The van der Waals surface area contributed by atoms with Gasteiger partial charge in [-0.2, -0.15) is 18.2 Å². The van der Waals surface area contributed by atoms with Crippen molar-refractivity contribution in [1.29, 1.82) is 0 Å². The van der Waals surface area contributed by atoms with Crippen molar-refractivity contribution in [2.24, 2.45) is 0 Å². The van der Waals surface area contributed by atoms with Gasteiger partial charge in [0.2, 0.25) is 5.69 Å². The van der Waals surface area contributed by atoms with Crippen molar-refractivity contribution in [2.75, 3.05) is 0 Å². The molecule has 0 saturated carbocycles. The molecule has 4 aromatic heterocycles. The third-order valence-electron chi connectivity index (χ3n) is 3.88. The van der Waals surface area contributed by atoms with E-state index >= 15 is 0 Å². The fourth-order valence-corrected chi connectivity index (χ4v) is 2.61. The van der Waals surface area contributed by atoms with E-state index in [9.17, 15) is 18.0 Å². The average molecular weight is 374 g/mol. The Morgan fingerprint density at radius 3 is 2.63 bits per heavy atom. The van der Waals surface area contributed by atoms with Gasteiger partial charge in [0.1, 0.15) is 11.6 Å². The summed E-state index contributed by atoms with van der Waals surface area (Å²) in [5.41, 5.74) is -1.20. The standard InChI is InChI=1S/C17H10F3N5O2/c1-9-4-2-7-22-14(9)25-11(8-12(24-25)17(18,19)20)15-23-13-10(16(26)27-15)5-3-6-21-13/h2-8H,1H3/p+1. The molecule has 1 N–H and O–H groups in total. The van der Waals surface area contributed by atoms with Crippen LogP contribution in [0, 0.1) is 6.92 Å². The number of hydrogen-bond acceptors (Lipinski definition) is 5. The fourth-order valence-electron chi connectivity index (χ4n) is 2.61. The first kappa shape index (κ1) is 16.9. The first-order valence-electron chi connectivity index (χ1n) is 7.75. The number of alkyl halides is 3. The largest absolute Gasteiger partial charge is 0.434 e. The van der Waals surface area contributed by atoms with Gasteiger partial charge in [0.15, 0.2) is 11.3 Å². The van der Waals surface area contributed by atoms with Crippen molar-refractivity contribution in [3.8, 4) is 17.4 Å². The molecule has 27 heavy (non-hydrogen) atoms. The van der Waals surface area contributed by atoms with Crippen LogP contribution in [0.1, 0.15) is 11.3 Å². The summed E-state index contributed by atoms with van der Waals surface area (Å²) >= 11 is 0. The highest BCUT2D eigenvalue weighted by Gasteiger charge is 2.37. The van der Waals surface area contributed by atoms with E-state index in [1.54, 1.807) is 19.1 Å². The van der Waals surface area contributed by atoms with Gasteiger partial charge >= 0.3 is 17.6 Å².